The van der Waals surface area contributed by atoms with Crippen LogP contribution in [-0.4, -0.2) is 0 Å². The molecule has 0 aromatic rings. The molecule has 0 aromatic heterocycles. The van der Waals surface area contributed by atoms with Gasteiger partial charge in [0.2, 0.25) is 0 Å². The van der Waals surface area contributed by atoms with E-state index in [1.165, 1.54) is 25.7 Å². The van der Waals surface area contributed by atoms with Crippen LogP contribution >= 0.6 is 0 Å². The van der Waals surface area contributed by atoms with Crippen molar-refractivity contribution in [3.63, 3.8) is 0 Å². The molecule has 1 nitrogen and oxygen atoms in total. The third kappa shape index (κ3) is 16.2. The van der Waals surface area contributed by atoms with Crippen molar-refractivity contribution in [1.82, 2.24) is 0 Å². The Labute approximate surface area is 59.9 Å². The monoisotopic (exact) mass is 165 g/mol. The second-order valence-electron chi connectivity index (χ2n) is 1.71. The first-order valence-electron chi connectivity index (χ1n) is 3.04. The molecule has 8 heavy (non-hydrogen) atoms. The summed E-state index contributed by atoms with van der Waals surface area (Å²) in [4.78, 5) is 0. The van der Waals surface area contributed by atoms with E-state index in [0.29, 0.717) is 0 Å². The third-order valence-corrected chi connectivity index (χ3v) is 0.957. The van der Waals surface area contributed by atoms with Gasteiger partial charge in [-0.1, -0.05) is 39.5 Å². The summed E-state index contributed by atoms with van der Waals surface area (Å²) in [5, 5.41) is 0. The Balaban J connectivity index is 0. The van der Waals surface area contributed by atoms with E-state index in [0.717, 1.165) is 0 Å². The van der Waals surface area contributed by atoms with Crippen molar-refractivity contribution in [2.24, 2.45) is 0 Å². The van der Waals surface area contributed by atoms with Crippen LogP contribution in [0.1, 0.15) is 39.5 Å². The van der Waals surface area contributed by atoms with E-state index >= 15 is 0 Å². The van der Waals surface area contributed by atoms with Crippen LogP contribution in [0.2, 0.25) is 0 Å². The maximum absolute atomic E-state index is 7.81. The summed E-state index contributed by atoms with van der Waals surface area (Å²) in [5.74, 6) is 0. The molecular weight excluding hydrogens is 152 g/mol. The Morgan fingerprint density at radius 2 is 1.25 bits per heavy atom. The first-order valence-corrected chi connectivity index (χ1v) is 3.42. The van der Waals surface area contributed by atoms with Gasteiger partial charge in [0.1, 0.15) is 0 Å². The Kier molecular flexibility index (Phi) is 21.9. The fourth-order valence-electron chi connectivity index (χ4n) is 0.500. The molecule has 0 amide bonds. The molecule has 0 aliphatic heterocycles. The van der Waals surface area contributed by atoms with Crippen molar-refractivity contribution in [2.45, 2.75) is 39.5 Å². The first-order chi connectivity index (χ1) is 3.91. The van der Waals surface area contributed by atoms with Crippen LogP contribution in [0.4, 0.5) is 0 Å². The van der Waals surface area contributed by atoms with E-state index < -0.39 is 0 Å². The van der Waals surface area contributed by atoms with Crippen LogP contribution in [0.3, 0.4) is 0 Å². The van der Waals surface area contributed by atoms with Gasteiger partial charge in [-0.15, -0.1) is 0 Å². The van der Waals surface area contributed by atoms with E-state index in [1.54, 1.807) is 0 Å². The van der Waals surface area contributed by atoms with Gasteiger partial charge >= 0.3 is 19.8 Å². The summed E-state index contributed by atoms with van der Waals surface area (Å²) in [6.07, 6.45) is 5.54. The van der Waals surface area contributed by atoms with E-state index in [1.807, 2.05) is 0 Å². The Morgan fingerprint density at radius 3 is 1.38 bits per heavy atom. The molecule has 0 rings (SSSR count). The molecule has 0 aromatic carbocycles. The first kappa shape index (κ1) is 11.2. The Morgan fingerprint density at radius 1 is 1.00 bits per heavy atom. The Hall–Kier alpha value is 0.319. The predicted molar refractivity (Wildman–Crippen MR) is 30.5 cm³/mol. The fraction of sp³-hybridized carbons (Fsp3) is 1.00. The van der Waals surface area contributed by atoms with Gasteiger partial charge in [-0.05, 0) is 0 Å². The average molecular weight is 166 g/mol. The molecular formula is C6H14CuO. The molecule has 0 fully saturated rings. The topological polar surface area (TPSA) is 17.1 Å². The Bertz CT molecular complexity index is 27.7. The zero-order valence-corrected chi connectivity index (χ0v) is 6.48. The van der Waals surface area contributed by atoms with Gasteiger partial charge in [-0.3, -0.25) is 0 Å². The van der Waals surface area contributed by atoms with Gasteiger partial charge in [0.15, 0.2) is 0 Å². The fourth-order valence-corrected chi connectivity index (χ4v) is 0.500. The van der Waals surface area contributed by atoms with Crippen molar-refractivity contribution in [3.05, 3.63) is 0 Å². The third-order valence-electron chi connectivity index (χ3n) is 0.957. The number of rotatable bonds is 3. The molecule has 0 unspecified atom stereocenters. The van der Waals surface area contributed by atoms with Crippen molar-refractivity contribution in [2.75, 3.05) is 0 Å². The van der Waals surface area contributed by atoms with E-state index in [4.69, 9.17) is 3.83 Å². The number of unbranched alkanes of at least 4 members (excludes halogenated alkanes) is 3. The second-order valence-corrected chi connectivity index (χ2v) is 1.71. The van der Waals surface area contributed by atoms with Crippen molar-refractivity contribution >= 4 is 0 Å². The van der Waals surface area contributed by atoms with Crippen LogP contribution in [0.5, 0.6) is 0 Å². The standard InChI is InChI=1S/C6H14.Cu.O/c1-3-5-6-4-2;;/h3-6H2,1-2H3;;. The van der Waals surface area contributed by atoms with Crippen LogP contribution in [0.25, 0.3) is 0 Å². The summed E-state index contributed by atoms with van der Waals surface area (Å²) in [6, 6.07) is 0. The van der Waals surface area contributed by atoms with Crippen molar-refractivity contribution < 1.29 is 19.8 Å². The molecule has 0 atom stereocenters. The van der Waals surface area contributed by atoms with E-state index in [9.17, 15) is 0 Å². The molecule has 0 radical (unpaired) electrons. The summed E-state index contributed by atoms with van der Waals surface area (Å²) < 4.78 is 7.81. The van der Waals surface area contributed by atoms with Gasteiger partial charge < -0.3 is 0 Å². The van der Waals surface area contributed by atoms with Crippen molar-refractivity contribution in [3.8, 4) is 0 Å². The van der Waals surface area contributed by atoms with Crippen LogP contribution < -0.4 is 0 Å². The van der Waals surface area contributed by atoms with Gasteiger partial charge in [0.05, 0.1) is 0 Å². The molecule has 55 valence electrons. The maximum atomic E-state index is 7.81. The molecule has 0 bridgehead atoms. The molecule has 0 N–H and O–H groups in total. The van der Waals surface area contributed by atoms with Gasteiger partial charge in [-0.25, -0.2) is 0 Å². The average Bonchev–Trinajstić information content (AvgIpc) is 1.88. The summed E-state index contributed by atoms with van der Waals surface area (Å²) in [5.41, 5.74) is 0. The zero-order valence-electron chi connectivity index (χ0n) is 5.54. The number of hydrogen-bond acceptors (Lipinski definition) is 1. The van der Waals surface area contributed by atoms with Crippen LogP contribution in [0, 0.1) is 0 Å². The molecule has 0 aliphatic carbocycles. The van der Waals surface area contributed by atoms with Crippen LogP contribution in [0.15, 0.2) is 0 Å². The summed E-state index contributed by atoms with van der Waals surface area (Å²) in [7, 11) is 0. The van der Waals surface area contributed by atoms with Gasteiger partial charge in [0, 0.05) is 0 Å². The zero-order chi connectivity index (χ0) is 6.83. The molecule has 0 saturated carbocycles. The minimum atomic E-state index is 1.36. The normalized spacial score (nSPS) is 7.50. The quantitative estimate of drug-likeness (QED) is 0.464. The van der Waals surface area contributed by atoms with Gasteiger partial charge in [0.25, 0.3) is 0 Å². The molecule has 0 heterocycles. The van der Waals surface area contributed by atoms with E-state index in [2.05, 4.69) is 29.8 Å². The second kappa shape index (κ2) is 15.7. The minimum absolute atomic E-state index is 1.36. The summed E-state index contributed by atoms with van der Waals surface area (Å²) in [6.45, 7) is 4.46. The number of hydrogen-bond donors (Lipinski definition) is 0. The van der Waals surface area contributed by atoms with Crippen LogP contribution in [-0.2, 0) is 19.8 Å². The van der Waals surface area contributed by atoms with E-state index in [-0.39, 0.29) is 0 Å². The predicted octanol–water partition coefficient (Wildman–Crippen LogP) is 2.47. The molecule has 2 heteroatoms. The SMILES string of the molecule is CCCCCC.[O]=[Cu]. The van der Waals surface area contributed by atoms with Crippen molar-refractivity contribution in [1.29, 1.82) is 0 Å². The molecule has 0 spiro atoms. The van der Waals surface area contributed by atoms with Gasteiger partial charge in [-0.2, -0.15) is 0 Å². The molecule has 0 saturated heterocycles. The molecule has 0 aliphatic rings. The summed E-state index contributed by atoms with van der Waals surface area (Å²) >= 11 is 2.94.